The van der Waals surface area contributed by atoms with Crippen LogP contribution in [0.4, 0.5) is 0 Å². The Balaban J connectivity index is 2.59. The van der Waals surface area contributed by atoms with Crippen LogP contribution in [0.3, 0.4) is 0 Å². The topological polar surface area (TPSA) is 0 Å². The van der Waals surface area contributed by atoms with E-state index in [0.29, 0.717) is 0 Å². The van der Waals surface area contributed by atoms with Crippen molar-refractivity contribution in [3.63, 3.8) is 0 Å². The van der Waals surface area contributed by atoms with Crippen LogP contribution in [0.1, 0.15) is 0 Å². The summed E-state index contributed by atoms with van der Waals surface area (Å²) >= 11 is 7.38. The van der Waals surface area contributed by atoms with Gasteiger partial charge >= 0.3 is 0 Å². The average molecular weight is 159 g/mol. The normalized spacial score (nSPS) is 25.7. The molecule has 0 aromatic heterocycles. The molecule has 0 aromatic carbocycles. The van der Waals surface area contributed by atoms with E-state index in [1.54, 1.807) is 11.8 Å². The minimum atomic E-state index is 0.0891. The first kappa shape index (κ1) is 6.97. The fourth-order valence-electron chi connectivity index (χ4n) is 0.491. The van der Waals surface area contributed by atoms with Crippen molar-refractivity contribution in [2.24, 2.45) is 0 Å². The molecule has 0 N–H and O–H groups in total. The molecule has 0 radical (unpaired) electrons. The Bertz CT molecular complexity index is 158. The van der Waals surface area contributed by atoms with Gasteiger partial charge in [0.15, 0.2) is 0 Å². The van der Waals surface area contributed by atoms with Crippen LogP contribution >= 0.6 is 23.4 Å². The van der Waals surface area contributed by atoms with Crippen molar-refractivity contribution in [2.45, 2.75) is 4.71 Å². The highest BCUT2D eigenvalue weighted by atomic mass is 35.5. The maximum Gasteiger partial charge on any atom is 0.101 e. The van der Waals surface area contributed by atoms with E-state index in [1.807, 2.05) is 35.8 Å². The molecule has 1 heterocycles. The minimum absolute atomic E-state index is 0.0891. The lowest BCUT2D eigenvalue weighted by atomic mass is 10.4. The molecule has 48 valence electrons. The molecule has 9 heavy (non-hydrogen) atoms. The van der Waals surface area contributed by atoms with E-state index in [4.69, 9.17) is 11.6 Å². The Morgan fingerprint density at radius 2 is 1.89 bits per heavy atom. The largest absolute Gasteiger partial charge is 0.110 e. The second kappa shape index (κ2) is 3.80. The number of hydrogen-bond donors (Lipinski definition) is 0. The van der Waals surface area contributed by atoms with Gasteiger partial charge in [-0.25, -0.2) is 0 Å². The van der Waals surface area contributed by atoms with E-state index in [1.165, 1.54) is 0 Å². The Kier molecular flexibility index (Phi) is 2.95. The minimum Gasteiger partial charge on any atom is -0.110 e. The number of thioether (sulfide) groups is 1. The quantitative estimate of drug-likeness (QED) is 0.489. The number of rotatable bonds is 0. The molecule has 0 amide bonds. The van der Waals surface area contributed by atoms with Crippen molar-refractivity contribution >= 4 is 23.4 Å². The summed E-state index contributed by atoms with van der Waals surface area (Å²) in [5.41, 5.74) is 0. The van der Waals surface area contributed by atoms with Gasteiger partial charge in [0.25, 0.3) is 0 Å². The summed E-state index contributed by atoms with van der Waals surface area (Å²) in [4.78, 5) is 0. The van der Waals surface area contributed by atoms with Gasteiger partial charge in [0.2, 0.25) is 0 Å². The van der Waals surface area contributed by atoms with Crippen molar-refractivity contribution in [3.8, 4) is 0 Å². The lowest BCUT2D eigenvalue weighted by Gasteiger charge is -1.97. The van der Waals surface area contributed by atoms with Gasteiger partial charge in [0.05, 0.1) is 0 Å². The summed E-state index contributed by atoms with van der Waals surface area (Å²) in [5, 5.41) is 1.98. The molecule has 1 aliphatic rings. The van der Waals surface area contributed by atoms with Crippen LogP contribution in [0.5, 0.6) is 0 Å². The Morgan fingerprint density at radius 1 is 1.11 bits per heavy atom. The van der Waals surface area contributed by atoms with Crippen molar-refractivity contribution in [1.29, 1.82) is 0 Å². The highest BCUT2D eigenvalue weighted by Gasteiger charge is 1.94. The van der Waals surface area contributed by atoms with E-state index in [-0.39, 0.29) is 4.71 Å². The highest BCUT2D eigenvalue weighted by Crippen LogP contribution is 2.18. The van der Waals surface area contributed by atoms with Crippen LogP contribution in [-0.2, 0) is 0 Å². The van der Waals surface area contributed by atoms with E-state index in [0.717, 1.165) is 0 Å². The van der Waals surface area contributed by atoms with Crippen molar-refractivity contribution < 1.29 is 0 Å². The maximum absolute atomic E-state index is 5.78. The second-order valence-corrected chi connectivity index (χ2v) is 3.37. The lowest BCUT2D eigenvalue weighted by molar-refractivity contribution is 1.62. The molecular formula is C7H7ClS. The van der Waals surface area contributed by atoms with Crippen LogP contribution in [-0.4, -0.2) is 4.71 Å². The molecule has 0 aliphatic carbocycles. The Labute approximate surface area is 64.3 Å². The third kappa shape index (κ3) is 2.78. The Hall–Kier alpha value is -0.140. The van der Waals surface area contributed by atoms with E-state index in [2.05, 4.69) is 0 Å². The van der Waals surface area contributed by atoms with Gasteiger partial charge in [-0.05, 0) is 5.41 Å². The molecule has 0 saturated heterocycles. The molecular weight excluding hydrogens is 152 g/mol. The van der Waals surface area contributed by atoms with Crippen molar-refractivity contribution in [1.82, 2.24) is 0 Å². The van der Waals surface area contributed by atoms with E-state index >= 15 is 0 Å². The third-order valence-electron chi connectivity index (χ3n) is 0.883. The zero-order valence-electron chi connectivity index (χ0n) is 4.83. The van der Waals surface area contributed by atoms with Gasteiger partial charge in [-0.3, -0.25) is 0 Å². The summed E-state index contributed by atoms with van der Waals surface area (Å²) in [7, 11) is 0. The van der Waals surface area contributed by atoms with E-state index in [9.17, 15) is 0 Å². The zero-order chi connectivity index (χ0) is 6.53. The molecule has 1 rings (SSSR count). The predicted octanol–water partition coefficient (Wildman–Crippen LogP) is 2.92. The van der Waals surface area contributed by atoms with Crippen LogP contribution in [0.25, 0.3) is 0 Å². The third-order valence-corrected chi connectivity index (χ3v) is 2.07. The van der Waals surface area contributed by atoms with Crippen molar-refractivity contribution in [2.75, 3.05) is 0 Å². The molecule has 0 aromatic rings. The summed E-state index contributed by atoms with van der Waals surface area (Å²) in [6, 6.07) is 0. The summed E-state index contributed by atoms with van der Waals surface area (Å²) < 4.78 is 0.0891. The lowest BCUT2D eigenvalue weighted by Crippen LogP contribution is -1.81. The summed E-state index contributed by atoms with van der Waals surface area (Å²) in [6.07, 6.45) is 9.82. The number of alkyl halides is 1. The van der Waals surface area contributed by atoms with Gasteiger partial charge in [-0.1, -0.05) is 30.4 Å². The Morgan fingerprint density at radius 3 is 2.78 bits per heavy atom. The molecule has 1 atom stereocenters. The molecule has 0 spiro atoms. The molecule has 2 heteroatoms. The predicted molar refractivity (Wildman–Crippen MR) is 44.7 cm³/mol. The smallest absolute Gasteiger partial charge is 0.101 e. The first-order chi connectivity index (χ1) is 4.39. The first-order valence-electron chi connectivity index (χ1n) is 2.69. The number of hydrogen-bond acceptors (Lipinski definition) is 1. The fraction of sp³-hybridized carbons (Fsp3) is 0.143. The van der Waals surface area contributed by atoms with E-state index < -0.39 is 0 Å². The fourth-order valence-corrected chi connectivity index (χ4v) is 1.27. The van der Waals surface area contributed by atoms with Crippen LogP contribution in [0.15, 0.2) is 35.8 Å². The SMILES string of the molecule is ClC1C=CC=CC=CS1. The second-order valence-electron chi connectivity index (χ2n) is 1.59. The van der Waals surface area contributed by atoms with Gasteiger partial charge in [0, 0.05) is 0 Å². The van der Waals surface area contributed by atoms with Gasteiger partial charge < -0.3 is 0 Å². The van der Waals surface area contributed by atoms with Gasteiger partial charge in [-0.15, -0.1) is 23.4 Å². The average Bonchev–Trinajstić information content (AvgIpc) is 1.79. The molecule has 0 nitrogen and oxygen atoms in total. The summed E-state index contributed by atoms with van der Waals surface area (Å²) in [5.74, 6) is 0. The standard InChI is InChI=1S/C7H7ClS/c8-7-5-3-1-2-4-6-9-7/h1-7H. The van der Waals surface area contributed by atoms with Crippen LogP contribution in [0.2, 0.25) is 0 Å². The van der Waals surface area contributed by atoms with Gasteiger partial charge in [-0.2, -0.15) is 0 Å². The highest BCUT2D eigenvalue weighted by molar-refractivity contribution is 8.04. The van der Waals surface area contributed by atoms with Crippen molar-refractivity contribution in [3.05, 3.63) is 35.8 Å². The number of allylic oxidation sites excluding steroid dienone is 4. The van der Waals surface area contributed by atoms with Crippen LogP contribution < -0.4 is 0 Å². The monoisotopic (exact) mass is 158 g/mol. The molecule has 1 unspecified atom stereocenters. The summed E-state index contributed by atoms with van der Waals surface area (Å²) in [6.45, 7) is 0. The number of halogens is 1. The first-order valence-corrected chi connectivity index (χ1v) is 4.07. The zero-order valence-corrected chi connectivity index (χ0v) is 6.40. The molecule has 0 bridgehead atoms. The molecule has 1 aliphatic heterocycles. The molecule has 0 fully saturated rings. The maximum atomic E-state index is 5.78. The molecule has 0 saturated carbocycles. The van der Waals surface area contributed by atoms with Gasteiger partial charge in [0.1, 0.15) is 4.71 Å². The van der Waals surface area contributed by atoms with Crippen LogP contribution in [0, 0.1) is 0 Å².